The fraction of sp³-hybridized carbons (Fsp3) is 0.100. The van der Waals surface area contributed by atoms with Crippen molar-refractivity contribution in [1.82, 2.24) is 4.98 Å². The van der Waals surface area contributed by atoms with Crippen LogP contribution in [0.15, 0.2) is 24.4 Å². The van der Waals surface area contributed by atoms with E-state index >= 15 is 0 Å². The Kier molecular flexibility index (Phi) is 1.54. The van der Waals surface area contributed by atoms with Crippen LogP contribution in [0, 0.1) is 18.8 Å². The van der Waals surface area contributed by atoms with Crippen LogP contribution in [-0.4, -0.2) is 4.98 Å². The van der Waals surface area contributed by atoms with Gasteiger partial charge in [0.25, 0.3) is 0 Å². The molecule has 0 bridgehead atoms. The van der Waals surface area contributed by atoms with Crippen LogP contribution < -0.4 is 0 Å². The maximum absolute atomic E-state index is 12.7. The van der Waals surface area contributed by atoms with Crippen LogP contribution in [-0.2, 0) is 0 Å². The van der Waals surface area contributed by atoms with Crippen molar-refractivity contribution in [2.45, 2.75) is 6.92 Å². The topological polar surface area (TPSA) is 12.9 Å². The smallest absolute Gasteiger partial charge is 0.142 e. The molecule has 0 saturated carbocycles. The van der Waals surface area contributed by atoms with E-state index in [0.717, 1.165) is 16.5 Å². The predicted molar refractivity (Wildman–Crippen MR) is 45.3 cm³/mol. The van der Waals surface area contributed by atoms with E-state index in [9.17, 15) is 4.39 Å². The van der Waals surface area contributed by atoms with Gasteiger partial charge in [-0.2, -0.15) is 0 Å². The Morgan fingerprint density at radius 3 is 3.08 bits per heavy atom. The second kappa shape index (κ2) is 2.55. The molecule has 2 aromatic rings. The number of hydrogen-bond acceptors (Lipinski definition) is 1. The van der Waals surface area contributed by atoms with Gasteiger partial charge in [0.2, 0.25) is 0 Å². The van der Waals surface area contributed by atoms with Crippen LogP contribution in [0.2, 0.25) is 0 Å². The number of benzene rings is 1. The normalized spacial score (nSPS) is 10.5. The largest absolute Gasteiger partial charge is 0.253 e. The van der Waals surface area contributed by atoms with Crippen molar-refractivity contribution in [2.75, 3.05) is 0 Å². The van der Waals surface area contributed by atoms with Crippen LogP contribution in [0.25, 0.3) is 10.9 Å². The number of halogens is 1. The lowest BCUT2D eigenvalue weighted by atomic mass is 10.1. The van der Waals surface area contributed by atoms with E-state index in [0.29, 0.717) is 0 Å². The molecule has 1 nitrogen and oxygen atoms in total. The summed E-state index contributed by atoms with van der Waals surface area (Å²) in [4.78, 5) is 3.99. The molecule has 12 heavy (non-hydrogen) atoms. The third-order valence-corrected chi connectivity index (χ3v) is 1.80. The monoisotopic (exact) mass is 160 g/mol. The number of fused-ring (bicyclic) bond motifs is 1. The molecule has 0 spiro atoms. The second-order valence-electron chi connectivity index (χ2n) is 2.73. The van der Waals surface area contributed by atoms with Gasteiger partial charge >= 0.3 is 0 Å². The summed E-state index contributed by atoms with van der Waals surface area (Å²) in [6.45, 7) is 1.93. The molecule has 0 aliphatic heterocycles. The van der Waals surface area contributed by atoms with Gasteiger partial charge in [-0.15, -0.1) is 0 Å². The van der Waals surface area contributed by atoms with Gasteiger partial charge in [0.05, 0.1) is 11.7 Å². The maximum Gasteiger partial charge on any atom is 0.142 e. The number of pyridine rings is 1. The molecule has 1 radical (unpaired) electrons. The average molecular weight is 160 g/mol. The van der Waals surface area contributed by atoms with E-state index < -0.39 is 0 Å². The number of nitrogens with zero attached hydrogens (tertiary/aromatic N) is 1. The van der Waals surface area contributed by atoms with Gasteiger partial charge in [-0.3, -0.25) is 4.98 Å². The molecular formula is C10H7FN. The third kappa shape index (κ3) is 1.05. The van der Waals surface area contributed by atoms with Crippen molar-refractivity contribution >= 4 is 10.9 Å². The summed E-state index contributed by atoms with van der Waals surface area (Å²) in [5, 5.41) is 0.801. The van der Waals surface area contributed by atoms with Crippen LogP contribution in [0.1, 0.15) is 5.56 Å². The number of aromatic nitrogens is 1. The molecule has 0 saturated heterocycles. The second-order valence-corrected chi connectivity index (χ2v) is 2.73. The zero-order chi connectivity index (χ0) is 8.55. The molecule has 1 heterocycles. The molecule has 0 fully saturated rings. The van der Waals surface area contributed by atoms with Crippen molar-refractivity contribution in [3.05, 3.63) is 41.8 Å². The fourth-order valence-corrected chi connectivity index (χ4v) is 1.22. The van der Waals surface area contributed by atoms with Gasteiger partial charge in [-0.25, -0.2) is 4.39 Å². The first kappa shape index (κ1) is 7.22. The highest BCUT2D eigenvalue weighted by Gasteiger charge is 1.98. The first-order valence-electron chi connectivity index (χ1n) is 3.69. The molecule has 0 atom stereocenters. The molecule has 2 rings (SSSR count). The zero-order valence-corrected chi connectivity index (χ0v) is 6.63. The Balaban J connectivity index is 2.86. The van der Waals surface area contributed by atoms with Gasteiger partial charge in [0.1, 0.15) is 5.82 Å². The van der Waals surface area contributed by atoms with E-state index in [2.05, 4.69) is 11.1 Å². The fourth-order valence-electron chi connectivity index (χ4n) is 1.22. The average Bonchev–Trinajstić information content (AvgIpc) is 2.04. The molecule has 0 aliphatic rings. The van der Waals surface area contributed by atoms with E-state index in [1.807, 2.05) is 13.0 Å². The summed E-state index contributed by atoms with van der Waals surface area (Å²) < 4.78 is 12.7. The minimum absolute atomic E-state index is 0.304. The summed E-state index contributed by atoms with van der Waals surface area (Å²) in [6.07, 6.45) is 1.23. The third-order valence-electron chi connectivity index (χ3n) is 1.80. The van der Waals surface area contributed by atoms with Crippen LogP contribution in [0.4, 0.5) is 4.39 Å². The van der Waals surface area contributed by atoms with Crippen molar-refractivity contribution in [3.63, 3.8) is 0 Å². The lowest BCUT2D eigenvalue weighted by Gasteiger charge is -1.98. The van der Waals surface area contributed by atoms with E-state index in [1.54, 1.807) is 6.07 Å². The van der Waals surface area contributed by atoms with Gasteiger partial charge < -0.3 is 0 Å². The van der Waals surface area contributed by atoms with E-state index in [4.69, 9.17) is 0 Å². The molecule has 59 valence electrons. The molecule has 1 aromatic heterocycles. The molecule has 2 heteroatoms. The summed E-state index contributed by atoms with van der Waals surface area (Å²) >= 11 is 0. The summed E-state index contributed by atoms with van der Waals surface area (Å²) in [5.74, 6) is -0.304. The molecule has 1 aromatic carbocycles. The Labute approximate surface area is 69.9 Å². The van der Waals surface area contributed by atoms with Gasteiger partial charge in [-0.05, 0) is 36.8 Å². The van der Waals surface area contributed by atoms with Gasteiger partial charge in [-0.1, -0.05) is 0 Å². The minimum Gasteiger partial charge on any atom is -0.253 e. The Morgan fingerprint density at radius 2 is 2.25 bits per heavy atom. The van der Waals surface area contributed by atoms with E-state index in [-0.39, 0.29) is 5.82 Å². The number of aryl methyl sites for hydroxylation is 1. The number of hydrogen-bond donors (Lipinski definition) is 0. The summed E-state index contributed by atoms with van der Waals surface area (Å²) in [7, 11) is 0. The first-order valence-corrected chi connectivity index (χ1v) is 3.69. The highest BCUT2D eigenvalue weighted by Crippen LogP contribution is 2.15. The van der Waals surface area contributed by atoms with E-state index in [1.165, 1.54) is 12.3 Å². The zero-order valence-electron chi connectivity index (χ0n) is 6.63. The lowest BCUT2D eigenvalue weighted by molar-refractivity contribution is 0.624. The van der Waals surface area contributed by atoms with Crippen molar-refractivity contribution in [1.29, 1.82) is 0 Å². The van der Waals surface area contributed by atoms with Crippen LogP contribution in [0.3, 0.4) is 0 Å². The SMILES string of the molecule is Cc1c[c]cc2cc(F)cnc12. The number of rotatable bonds is 0. The van der Waals surface area contributed by atoms with Crippen molar-refractivity contribution in [2.24, 2.45) is 0 Å². The first-order chi connectivity index (χ1) is 5.77. The quantitative estimate of drug-likeness (QED) is 0.577. The predicted octanol–water partition coefficient (Wildman–Crippen LogP) is 2.48. The Morgan fingerprint density at radius 1 is 1.42 bits per heavy atom. The standard InChI is InChI=1S/C10H7FN/c1-7-3-2-4-8-5-9(11)6-12-10(7)8/h3-6H,1H3. The van der Waals surface area contributed by atoms with Crippen LogP contribution in [0.5, 0.6) is 0 Å². The summed E-state index contributed by atoms with van der Waals surface area (Å²) in [5.41, 5.74) is 1.86. The highest BCUT2D eigenvalue weighted by molar-refractivity contribution is 5.81. The maximum atomic E-state index is 12.7. The van der Waals surface area contributed by atoms with Gasteiger partial charge in [0.15, 0.2) is 0 Å². The molecule has 0 amide bonds. The molecule has 0 aliphatic carbocycles. The molecule has 0 unspecified atom stereocenters. The Hall–Kier alpha value is -1.44. The lowest BCUT2D eigenvalue weighted by Crippen LogP contribution is -1.84. The van der Waals surface area contributed by atoms with Crippen LogP contribution >= 0.6 is 0 Å². The van der Waals surface area contributed by atoms with Crippen molar-refractivity contribution in [3.8, 4) is 0 Å². The van der Waals surface area contributed by atoms with Crippen molar-refractivity contribution < 1.29 is 4.39 Å². The minimum atomic E-state index is -0.304. The highest BCUT2D eigenvalue weighted by atomic mass is 19.1. The molecular weight excluding hydrogens is 153 g/mol. The van der Waals surface area contributed by atoms with Gasteiger partial charge in [0, 0.05) is 5.39 Å². The summed E-state index contributed by atoms with van der Waals surface area (Å²) in [6, 6.07) is 7.96. The molecule has 0 N–H and O–H groups in total. The Bertz CT molecular complexity index is 423.